The predicted molar refractivity (Wildman–Crippen MR) is 122 cm³/mol. The third-order valence-corrected chi connectivity index (χ3v) is 5.31. The highest BCUT2D eigenvalue weighted by Crippen LogP contribution is 2.18. The first-order valence-corrected chi connectivity index (χ1v) is 10.7. The van der Waals surface area contributed by atoms with Crippen molar-refractivity contribution in [2.75, 3.05) is 0 Å². The molecule has 2 aromatic rings. The Bertz CT molecular complexity index is 869. The minimum atomic E-state index is -0.574. The van der Waals surface area contributed by atoms with Crippen molar-refractivity contribution in [2.24, 2.45) is 0 Å². The van der Waals surface area contributed by atoms with Crippen molar-refractivity contribution < 1.29 is 9.59 Å². The van der Waals surface area contributed by atoms with Gasteiger partial charge in [0.1, 0.15) is 6.04 Å². The van der Waals surface area contributed by atoms with E-state index in [9.17, 15) is 9.59 Å². The van der Waals surface area contributed by atoms with E-state index in [2.05, 4.69) is 21.2 Å². The molecule has 0 saturated heterocycles. The molecule has 1 N–H and O–H groups in total. The second kappa shape index (κ2) is 9.57. The second-order valence-electron chi connectivity index (χ2n) is 8.67. The first kappa shape index (κ1) is 23.1. The molecule has 0 heterocycles. The fourth-order valence-electron chi connectivity index (χ4n) is 3.10. The molecule has 0 fully saturated rings. The van der Waals surface area contributed by atoms with E-state index in [1.165, 1.54) is 0 Å². The molecule has 0 aromatic heterocycles. The van der Waals surface area contributed by atoms with Crippen molar-refractivity contribution in [3.8, 4) is 0 Å². The fraction of sp³-hybridized carbons (Fsp3) is 0.417. The minimum absolute atomic E-state index is 0.0572. The molecule has 0 unspecified atom stereocenters. The van der Waals surface area contributed by atoms with E-state index in [0.29, 0.717) is 6.54 Å². The van der Waals surface area contributed by atoms with Crippen molar-refractivity contribution in [1.82, 2.24) is 10.2 Å². The molecule has 2 amide bonds. The maximum Gasteiger partial charge on any atom is 0.242 e. The average molecular weight is 459 g/mol. The molecule has 4 nitrogen and oxygen atoms in total. The average Bonchev–Trinajstić information content (AvgIpc) is 2.62. The van der Waals surface area contributed by atoms with Crippen LogP contribution in [0.2, 0.25) is 0 Å². The lowest BCUT2D eigenvalue weighted by molar-refractivity contribution is -0.140. The number of amides is 2. The molecular weight excluding hydrogens is 428 g/mol. The summed E-state index contributed by atoms with van der Waals surface area (Å²) in [5.74, 6) is -0.206. The van der Waals surface area contributed by atoms with E-state index < -0.39 is 6.04 Å². The highest BCUT2D eigenvalue weighted by Gasteiger charge is 2.28. The van der Waals surface area contributed by atoms with Gasteiger partial charge in [-0.3, -0.25) is 9.59 Å². The molecule has 0 aliphatic rings. The number of hydrogen-bond acceptors (Lipinski definition) is 2. The Morgan fingerprint density at radius 2 is 1.69 bits per heavy atom. The Balaban J connectivity index is 2.29. The van der Waals surface area contributed by atoms with Gasteiger partial charge < -0.3 is 10.2 Å². The summed E-state index contributed by atoms with van der Waals surface area (Å²) in [6, 6.07) is 13.4. The van der Waals surface area contributed by atoms with E-state index in [-0.39, 0.29) is 23.8 Å². The molecule has 2 rings (SSSR count). The second-order valence-corrected chi connectivity index (χ2v) is 9.59. The third kappa shape index (κ3) is 7.00. The van der Waals surface area contributed by atoms with Crippen LogP contribution in [-0.4, -0.2) is 28.3 Å². The number of benzene rings is 2. The summed E-state index contributed by atoms with van der Waals surface area (Å²) in [4.78, 5) is 27.8. The van der Waals surface area contributed by atoms with Crippen LogP contribution in [0.5, 0.6) is 0 Å². The lowest BCUT2D eigenvalue weighted by Crippen LogP contribution is -2.52. The van der Waals surface area contributed by atoms with Crippen molar-refractivity contribution in [3.63, 3.8) is 0 Å². The van der Waals surface area contributed by atoms with Crippen LogP contribution in [0.1, 0.15) is 49.9 Å². The van der Waals surface area contributed by atoms with E-state index in [4.69, 9.17) is 0 Å². The van der Waals surface area contributed by atoms with E-state index in [1.54, 1.807) is 11.8 Å². The first-order chi connectivity index (χ1) is 13.5. The Hall–Kier alpha value is -2.14. The number of nitrogens with one attached hydrogen (secondary N) is 1. The van der Waals surface area contributed by atoms with Crippen LogP contribution in [0, 0.1) is 13.8 Å². The van der Waals surface area contributed by atoms with Crippen LogP contribution in [0.4, 0.5) is 0 Å². The molecule has 0 saturated carbocycles. The number of halogens is 1. The lowest BCUT2D eigenvalue weighted by atomic mass is 10.0. The first-order valence-electron chi connectivity index (χ1n) is 9.88. The summed E-state index contributed by atoms with van der Waals surface area (Å²) < 4.78 is 0.980. The Morgan fingerprint density at radius 3 is 2.28 bits per heavy atom. The van der Waals surface area contributed by atoms with Gasteiger partial charge in [-0.25, -0.2) is 0 Å². The van der Waals surface area contributed by atoms with Gasteiger partial charge in [-0.15, -0.1) is 0 Å². The van der Waals surface area contributed by atoms with Crippen LogP contribution in [0.3, 0.4) is 0 Å². The molecule has 1 atom stereocenters. The number of carbonyl (C=O) groups is 2. The van der Waals surface area contributed by atoms with Gasteiger partial charge in [-0.1, -0.05) is 51.8 Å². The molecule has 0 radical (unpaired) electrons. The predicted octanol–water partition coefficient (Wildman–Crippen LogP) is 4.94. The molecule has 0 bridgehead atoms. The monoisotopic (exact) mass is 458 g/mol. The zero-order valence-corrected chi connectivity index (χ0v) is 19.8. The van der Waals surface area contributed by atoms with Gasteiger partial charge in [0.25, 0.3) is 0 Å². The topological polar surface area (TPSA) is 49.4 Å². The van der Waals surface area contributed by atoms with Crippen LogP contribution >= 0.6 is 15.9 Å². The molecule has 0 spiro atoms. The van der Waals surface area contributed by atoms with Crippen molar-refractivity contribution in [2.45, 2.75) is 66.1 Å². The fourth-order valence-corrected chi connectivity index (χ4v) is 3.36. The quantitative estimate of drug-likeness (QED) is 0.665. The summed E-state index contributed by atoms with van der Waals surface area (Å²) in [7, 11) is 0. The van der Waals surface area contributed by atoms with E-state index >= 15 is 0 Å². The highest BCUT2D eigenvalue weighted by atomic mass is 79.9. The molecule has 29 heavy (non-hydrogen) atoms. The van der Waals surface area contributed by atoms with E-state index in [1.807, 2.05) is 77.1 Å². The third-order valence-electron chi connectivity index (χ3n) is 4.78. The molecule has 0 aliphatic heterocycles. The van der Waals surface area contributed by atoms with Gasteiger partial charge in [0.05, 0.1) is 6.42 Å². The molecule has 5 heteroatoms. The smallest absolute Gasteiger partial charge is 0.242 e. The zero-order valence-electron chi connectivity index (χ0n) is 18.2. The summed E-state index contributed by atoms with van der Waals surface area (Å²) >= 11 is 3.44. The zero-order chi connectivity index (χ0) is 21.8. The number of hydrogen-bond donors (Lipinski definition) is 1. The molecule has 156 valence electrons. The Kier molecular flexibility index (Phi) is 7.64. The summed E-state index contributed by atoms with van der Waals surface area (Å²) in [5, 5.41) is 2.99. The largest absolute Gasteiger partial charge is 0.350 e. The van der Waals surface area contributed by atoms with Crippen molar-refractivity contribution >= 4 is 27.7 Å². The van der Waals surface area contributed by atoms with Crippen LogP contribution in [0.15, 0.2) is 46.9 Å². The highest BCUT2D eigenvalue weighted by molar-refractivity contribution is 9.10. The van der Waals surface area contributed by atoms with Crippen LogP contribution in [0.25, 0.3) is 0 Å². The lowest BCUT2D eigenvalue weighted by Gasteiger charge is -2.31. The van der Waals surface area contributed by atoms with Crippen molar-refractivity contribution in [1.29, 1.82) is 0 Å². The summed E-state index contributed by atoms with van der Waals surface area (Å²) in [6.45, 7) is 12.0. The van der Waals surface area contributed by atoms with Gasteiger partial charge in [-0.05, 0) is 70.4 Å². The van der Waals surface area contributed by atoms with Gasteiger partial charge in [0.2, 0.25) is 11.8 Å². The van der Waals surface area contributed by atoms with Crippen LogP contribution in [-0.2, 0) is 22.6 Å². The maximum absolute atomic E-state index is 13.3. The molecule has 2 aromatic carbocycles. The summed E-state index contributed by atoms with van der Waals surface area (Å²) in [6.07, 6.45) is 0.275. The van der Waals surface area contributed by atoms with Crippen molar-refractivity contribution in [3.05, 3.63) is 69.2 Å². The number of carbonyl (C=O) groups excluding carboxylic acids is 2. The Labute approximate surface area is 182 Å². The SMILES string of the molecule is Cc1ccc(C)c(CC(=O)N(Cc2ccc(Br)cc2)[C@@H](C)C(=O)NC(C)(C)C)c1. The van der Waals surface area contributed by atoms with Gasteiger partial charge >= 0.3 is 0 Å². The number of aryl methyl sites for hydroxylation is 2. The minimum Gasteiger partial charge on any atom is -0.350 e. The number of rotatable bonds is 6. The normalized spacial score (nSPS) is 12.4. The standard InChI is InChI=1S/C24H31BrN2O2/c1-16-7-8-17(2)20(13-16)14-22(28)27(15-19-9-11-21(25)12-10-19)18(3)23(29)26-24(4,5)6/h7-13,18H,14-15H2,1-6H3,(H,26,29)/t18-/m0/s1. The van der Waals surface area contributed by atoms with Gasteiger partial charge in [-0.2, -0.15) is 0 Å². The summed E-state index contributed by atoms with van der Waals surface area (Å²) in [5.41, 5.74) is 3.83. The van der Waals surface area contributed by atoms with Gasteiger partial charge in [0.15, 0.2) is 0 Å². The Morgan fingerprint density at radius 1 is 1.07 bits per heavy atom. The van der Waals surface area contributed by atoms with E-state index in [0.717, 1.165) is 26.7 Å². The number of nitrogens with zero attached hydrogens (tertiary/aromatic N) is 1. The maximum atomic E-state index is 13.3. The molecular formula is C24H31BrN2O2. The van der Waals surface area contributed by atoms with Gasteiger partial charge in [0, 0.05) is 16.6 Å². The molecule has 0 aliphatic carbocycles. The van der Waals surface area contributed by atoms with Crippen LogP contribution < -0.4 is 5.32 Å².